The van der Waals surface area contributed by atoms with Gasteiger partial charge in [-0.3, -0.25) is 10.1 Å². The van der Waals surface area contributed by atoms with Gasteiger partial charge < -0.3 is 0 Å². The Kier molecular flexibility index (Phi) is 4.69. The van der Waals surface area contributed by atoms with Crippen LogP contribution in [0.15, 0.2) is 54.7 Å². The summed E-state index contributed by atoms with van der Waals surface area (Å²) in [6.07, 6.45) is 2.50. The summed E-state index contributed by atoms with van der Waals surface area (Å²) in [5, 5.41) is 12.2. The zero-order valence-electron chi connectivity index (χ0n) is 13.1. The van der Waals surface area contributed by atoms with E-state index in [2.05, 4.69) is 16.4 Å². The first-order chi connectivity index (χ1) is 11.6. The fourth-order valence-corrected chi connectivity index (χ4v) is 3.14. The van der Waals surface area contributed by atoms with Crippen molar-refractivity contribution in [3.8, 4) is 6.07 Å². The van der Waals surface area contributed by atoms with Gasteiger partial charge in [0.05, 0.1) is 11.6 Å². The van der Waals surface area contributed by atoms with Gasteiger partial charge in [-0.2, -0.15) is 5.26 Å². The number of carbonyl (C=O) groups excluding carboxylic acids is 1. The van der Waals surface area contributed by atoms with E-state index in [1.165, 1.54) is 11.3 Å². The molecule has 0 fully saturated rings. The minimum absolute atomic E-state index is 0.155. The predicted octanol–water partition coefficient (Wildman–Crippen LogP) is 4.17. The van der Waals surface area contributed by atoms with Crippen molar-refractivity contribution < 1.29 is 4.79 Å². The van der Waals surface area contributed by atoms with Crippen LogP contribution in [-0.4, -0.2) is 10.9 Å². The Morgan fingerprint density at radius 1 is 1.25 bits per heavy atom. The van der Waals surface area contributed by atoms with Gasteiger partial charge in [0.1, 0.15) is 0 Å². The molecular formula is C19H15N3OS. The first-order valence-electron chi connectivity index (χ1n) is 7.46. The van der Waals surface area contributed by atoms with Crippen molar-refractivity contribution >= 4 is 22.4 Å². The Morgan fingerprint density at radius 3 is 2.75 bits per heavy atom. The number of benzene rings is 2. The second-order valence-electron chi connectivity index (χ2n) is 5.44. The molecule has 0 atom stereocenters. The zero-order valence-corrected chi connectivity index (χ0v) is 13.9. The molecule has 1 amide bonds. The maximum Gasteiger partial charge on any atom is 0.257 e. The highest BCUT2D eigenvalue weighted by molar-refractivity contribution is 7.15. The third-order valence-corrected chi connectivity index (χ3v) is 4.43. The molecule has 2 aromatic carbocycles. The van der Waals surface area contributed by atoms with Crippen LogP contribution >= 0.6 is 11.3 Å². The zero-order chi connectivity index (χ0) is 16.9. The van der Waals surface area contributed by atoms with Gasteiger partial charge in [-0.15, -0.1) is 11.3 Å². The number of anilines is 1. The second-order valence-corrected chi connectivity index (χ2v) is 6.56. The third kappa shape index (κ3) is 3.86. The number of thiazole rings is 1. The van der Waals surface area contributed by atoms with Crippen LogP contribution in [0.5, 0.6) is 0 Å². The smallest absolute Gasteiger partial charge is 0.257 e. The number of hydrogen-bond acceptors (Lipinski definition) is 4. The summed E-state index contributed by atoms with van der Waals surface area (Å²) in [4.78, 5) is 17.6. The summed E-state index contributed by atoms with van der Waals surface area (Å²) >= 11 is 1.46. The van der Waals surface area contributed by atoms with E-state index in [4.69, 9.17) is 5.26 Å². The predicted molar refractivity (Wildman–Crippen MR) is 95.2 cm³/mol. The molecular weight excluding hydrogens is 318 g/mol. The maximum absolute atomic E-state index is 12.2. The van der Waals surface area contributed by atoms with Gasteiger partial charge in [-0.05, 0) is 36.8 Å². The molecule has 1 N–H and O–H groups in total. The number of hydrogen-bond donors (Lipinski definition) is 1. The maximum atomic E-state index is 12.2. The molecule has 1 aromatic heterocycles. The highest BCUT2D eigenvalue weighted by Gasteiger charge is 2.09. The molecule has 5 heteroatoms. The SMILES string of the molecule is Cc1cccc(C(=O)Nc2ncc(Cc3ccc(C#N)cc3)s2)c1. The molecule has 1 heterocycles. The van der Waals surface area contributed by atoms with Crippen molar-refractivity contribution in [2.24, 2.45) is 0 Å². The normalized spacial score (nSPS) is 10.2. The summed E-state index contributed by atoms with van der Waals surface area (Å²) in [7, 11) is 0. The van der Waals surface area contributed by atoms with E-state index in [-0.39, 0.29) is 5.91 Å². The minimum Gasteiger partial charge on any atom is -0.298 e. The van der Waals surface area contributed by atoms with E-state index in [0.29, 0.717) is 16.3 Å². The third-order valence-electron chi connectivity index (χ3n) is 3.52. The van der Waals surface area contributed by atoms with Crippen LogP contribution in [0.25, 0.3) is 0 Å². The first-order valence-corrected chi connectivity index (χ1v) is 8.27. The Hall–Kier alpha value is -2.97. The van der Waals surface area contributed by atoms with Crippen LogP contribution in [-0.2, 0) is 6.42 Å². The molecule has 0 saturated heterocycles. The van der Waals surface area contributed by atoms with Crippen molar-refractivity contribution in [1.29, 1.82) is 5.26 Å². The summed E-state index contributed by atoms with van der Waals surface area (Å²) in [6, 6.07) is 17.0. The summed E-state index contributed by atoms with van der Waals surface area (Å²) in [5.74, 6) is -0.155. The molecule has 4 nitrogen and oxygen atoms in total. The fraction of sp³-hybridized carbons (Fsp3) is 0.105. The van der Waals surface area contributed by atoms with E-state index < -0.39 is 0 Å². The van der Waals surface area contributed by atoms with E-state index in [1.54, 1.807) is 24.4 Å². The number of aryl methyl sites for hydroxylation is 1. The summed E-state index contributed by atoms with van der Waals surface area (Å²) in [5.41, 5.74) is 3.42. The standard InChI is InChI=1S/C19H15N3OS/c1-13-3-2-4-16(9-13)18(23)22-19-21-12-17(24-19)10-14-5-7-15(11-20)8-6-14/h2-9,12H,10H2,1H3,(H,21,22,23). The number of amides is 1. The average molecular weight is 333 g/mol. The van der Waals surface area contributed by atoms with E-state index >= 15 is 0 Å². The van der Waals surface area contributed by atoms with Gasteiger partial charge >= 0.3 is 0 Å². The molecule has 0 spiro atoms. The molecule has 3 aromatic rings. The monoisotopic (exact) mass is 333 g/mol. The summed E-state index contributed by atoms with van der Waals surface area (Å²) in [6.45, 7) is 1.95. The van der Waals surface area contributed by atoms with Gasteiger partial charge in [0.25, 0.3) is 5.91 Å². The molecule has 0 saturated carbocycles. The molecule has 0 bridgehead atoms. The average Bonchev–Trinajstić information content (AvgIpc) is 3.02. The number of nitrogens with zero attached hydrogens (tertiary/aromatic N) is 2. The minimum atomic E-state index is -0.155. The van der Waals surface area contributed by atoms with Gasteiger partial charge in [0.2, 0.25) is 0 Å². The number of carbonyl (C=O) groups is 1. The van der Waals surface area contributed by atoms with Crippen LogP contribution in [0, 0.1) is 18.3 Å². The Morgan fingerprint density at radius 2 is 2.04 bits per heavy atom. The molecule has 24 heavy (non-hydrogen) atoms. The van der Waals surface area contributed by atoms with Crippen molar-refractivity contribution in [3.63, 3.8) is 0 Å². The number of aromatic nitrogens is 1. The van der Waals surface area contributed by atoms with Gasteiger partial charge in [-0.25, -0.2) is 4.98 Å². The lowest BCUT2D eigenvalue weighted by Gasteiger charge is -2.02. The van der Waals surface area contributed by atoms with Crippen LogP contribution in [0.2, 0.25) is 0 Å². The molecule has 0 aliphatic heterocycles. The second kappa shape index (κ2) is 7.07. The Bertz CT molecular complexity index is 907. The van der Waals surface area contributed by atoms with Crippen molar-refractivity contribution in [3.05, 3.63) is 81.9 Å². The van der Waals surface area contributed by atoms with Crippen LogP contribution in [0.3, 0.4) is 0 Å². The van der Waals surface area contributed by atoms with Gasteiger partial charge in [-0.1, -0.05) is 29.8 Å². The Labute approximate surface area is 144 Å². The lowest BCUT2D eigenvalue weighted by atomic mass is 10.1. The molecule has 3 rings (SSSR count). The number of rotatable bonds is 4. The van der Waals surface area contributed by atoms with Gasteiger partial charge in [0, 0.05) is 23.1 Å². The molecule has 0 aliphatic rings. The Balaban J connectivity index is 1.67. The lowest BCUT2D eigenvalue weighted by molar-refractivity contribution is 0.102. The molecule has 0 radical (unpaired) electrons. The molecule has 0 unspecified atom stereocenters. The molecule has 118 valence electrons. The fourth-order valence-electron chi connectivity index (χ4n) is 2.30. The van der Waals surface area contributed by atoms with Crippen LogP contribution < -0.4 is 5.32 Å². The molecule has 0 aliphatic carbocycles. The lowest BCUT2D eigenvalue weighted by Crippen LogP contribution is -2.11. The van der Waals surface area contributed by atoms with Crippen molar-refractivity contribution in [2.45, 2.75) is 13.3 Å². The van der Waals surface area contributed by atoms with Crippen LogP contribution in [0.4, 0.5) is 5.13 Å². The highest BCUT2D eigenvalue weighted by Crippen LogP contribution is 2.22. The van der Waals surface area contributed by atoms with E-state index in [1.807, 2.05) is 37.3 Å². The van der Waals surface area contributed by atoms with E-state index in [9.17, 15) is 4.79 Å². The van der Waals surface area contributed by atoms with Crippen molar-refractivity contribution in [2.75, 3.05) is 5.32 Å². The highest BCUT2D eigenvalue weighted by atomic mass is 32.1. The van der Waals surface area contributed by atoms with Crippen LogP contribution in [0.1, 0.15) is 31.9 Å². The first kappa shape index (κ1) is 15.9. The largest absolute Gasteiger partial charge is 0.298 e. The quantitative estimate of drug-likeness (QED) is 0.779. The topological polar surface area (TPSA) is 65.8 Å². The van der Waals surface area contributed by atoms with E-state index in [0.717, 1.165) is 22.4 Å². The van der Waals surface area contributed by atoms with Crippen molar-refractivity contribution in [1.82, 2.24) is 4.98 Å². The van der Waals surface area contributed by atoms with Gasteiger partial charge in [0.15, 0.2) is 5.13 Å². The number of nitriles is 1. The summed E-state index contributed by atoms with van der Waals surface area (Å²) < 4.78 is 0. The number of nitrogens with one attached hydrogen (secondary N) is 1.